The SMILES string of the molecule is COCc1cccc(Oc2ncccc2C(=O)O)c1. The predicted octanol–water partition coefficient (Wildman–Crippen LogP) is 2.72. The summed E-state index contributed by atoms with van der Waals surface area (Å²) >= 11 is 0. The molecule has 0 unspecified atom stereocenters. The first-order valence-corrected chi connectivity index (χ1v) is 5.64. The van der Waals surface area contributed by atoms with E-state index in [0.717, 1.165) is 5.56 Å². The summed E-state index contributed by atoms with van der Waals surface area (Å²) in [6.45, 7) is 0.463. The van der Waals surface area contributed by atoms with E-state index in [4.69, 9.17) is 14.6 Å². The molecule has 0 saturated carbocycles. The number of methoxy groups -OCH3 is 1. The Hall–Kier alpha value is -2.40. The van der Waals surface area contributed by atoms with E-state index in [0.29, 0.717) is 12.4 Å². The molecule has 5 nitrogen and oxygen atoms in total. The molecule has 19 heavy (non-hydrogen) atoms. The fraction of sp³-hybridized carbons (Fsp3) is 0.143. The lowest BCUT2D eigenvalue weighted by molar-refractivity contribution is 0.0693. The van der Waals surface area contributed by atoms with Gasteiger partial charge in [0.2, 0.25) is 5.88 Å². The Morgan fingerprint density at radius 3 is 2.89 bits per heavy atom. The second-order valence-electron chi connectivity index (χ2n) is 3.84. The Morgan fingerprint density at radius 2 is 2.16 bits per heavy atom. The summed E-state index contributed by atoms with van der Waals surface area (Å²) in [4.78, 5) is 15.0. The van der Waals surface area contributed by atoms with E-state index in [9.17, 15) is 4.79 Å². The van der Waals surface area contributed by atoms with Crippen molar-refractivity contribution in [3.8, 4) is 11.6 Å². The second-order valence-corrected chi connectivity index (χ2v) is 3.84. The number of rotatable bonds is 5. The van der Waals surface area contributed by atoms with E-state index >= 15 is 0 Å². The van der Waals surface area contributed by atoms with E-state index in [2.05, 4.69) is 4.98 Å². The van der Waals surface area contributed by atoms with Crippen LogP contribution in [-0.4, -0.2) is 23.2 Å². The normalized spacial score (nSPS) is 10.2. The van der Waals surface area contributed by atoms with Crippen LogP contribution in [0.4, 0.5) is 0 Å². The van der Waals surface area contributed by atoms with Gasteiger partial charge in [-0.05, 0) is 29.8 Å². The summed E-state index contributed by atoms with van der Waals surface area (Å²) in [5.74, 6) is -0.475. The highest BCUT2D eigenvalue weighted by Crippen LogP contribution is 2.23. The van der Waals surface area contributed by atoms with Gasteiger partial charge in [0.1, 0.15) is 11.3 Å². The molecule has 0 radical (unpaired) electrons. The van der Waals surface area contributed by atoms with Crippen LogP contribution in [0.3, 0.4) is 0 Å². The van der Waals surface area contributed by atoms with Crippen LogP contribution < -0.4 is 4.74 Å². The van der Waals surface area contributed by atoms with Crippen molar-refractivity contribution in [1.82, 2.24) is 4.98 Å². The van der Waals surface area contributed by atoms with Crippen LogP contribution in [0.2, 0.25) is 0 Å². The minimum Gasteiger partial charge on any atom is -0.477 e. The second kappa shape index (κ2) is 5.97. The van der Waals surface area contributed by atoms with Crippen LogP contribution in [0.15, 0.2) is 42.6 Å². The number of carboxylic acid groups (broad SMARTS) is 1. The lowest BCUT2D eigenvalue weighted by atomic mass is 10.2. The Bertz CT molecular complexity index is 583. The minimum atomic E-state index is -1.07. The van der Waals surface area contributed by atoms with Crippen molar-refractivity contribution in [2.75, 3.05) is 7.11 Å². The van der Waals surface area contributed by atoms with Crippen molar-refractivity contribution in [3.63, 3.8) is 0 Å². The maximum Gasteiger partial charge on any atom is 0.341 e. The summed E-state index contributed by atoms with van der Waals surface area (Å²) in [6.07, 6.45) is 1.49. The Kier molecular flexibility index (Phi) is 4.10. The van der Waals surface area contributed by atoms with Crippen LogP contribution in [0.25, 0.3) is 0 Å². The quantitative estimate of drug-likeness (QED) is 0.894. The Labute approximate surface area is 110 Å². The minimum absolute atomic E-state index is 0.0274. The monoisotopic (exact) mass is 259 g/mol. The molecule has 98 valence electrons. The molecule has 0 spiro atoms. The van der Waals surface area contributed by atoms with Crippen LogP contribution >= 0.6 is 0 Å². The molecule has 1 N–H and O–H groups in total. The molecule has 5 heteroatoms. The molecule has 0 atom stereocenters. The maximum atomic E-state index is 11.0. The highest BCUT2D eigenvalue weighted by molar-refractivity contribution is 5.90. The lowest BCUT2D eigenvalue weighted by Gasteiger charge is -2.08. The van der Waals surface area contributed by atoms with E-state index in [1.54, 1.807) is 25.3 Å². The first-order valence-electron chi connectivity index (χ1n) is 5.64. The van der Waals surface area contributed by atoms with Gasteiger partial charge in [0.25, 0.3) is 0 Å². The van der Waals surface area contributed by atoms with Crippen molar-refractivity contribution in [3.05, 3.63) is 53.7 Å². The summed E-state index contributed by atoms with van der Waals surface area (Å²) in [7, 11) is 1.61. The zero-order chi connectivity index (χ0) is 13.7. The number of hydrogen-bond donors (Lipinski definition) is 1. The number of carboxylic acids is 1. The van der Waals surface area contributed by atoms with Crippen molar-refractivity contribution >= 4 is 5.97 Å². The average molecular weight is 259 g/mol. The fourth-order valence-corrected chi connectivity index (χ4v) is 1.61. The molecule has 0 fully saturated rings. The Morgan fingerprint density at radius 1 is 1.32 bits per heavy atom. The first-order chi connectivity index (χ1) is 9.20. The third-order valence-electron chi connectivity index (χ3n) is 2.43. The van der Waals surface area contributed by atoms with Gasteiger partial charge in [0.15, 0.2) is 0 Å². The molecular weight excluding hydrogens is 246 g/mol. The highest BCUT2D eigenvalue weighted by Gasteiger charge is 2.12. The number of aromatic nitrogens is 1. The number of hydrogen-bond acceptors (Lipinski definition) is 4. The standard InChI is InChI=1S/C14H13NO4/c1-18-9-10-4-2-5-11(8-10)19-13-12(14(16)17)6-3-7-15-13/h2-8H,9H2,1H3,(H,16,17). The predicted molar refractivity (Wildman–Crippen MR) is 68.4 cm³/mol. The van der Waals surface area contributed by atoms with Gasteiger partial charge in [-0.15, -0.1) is 0 Å². The van der Waals surface area contributed by atoms with Gasteiger partial charge in [0.05, 0.1) is 6.61 Å². The molecule has 1 heterocycles. The van der Waals surface area contributed by atoms with E-state index in [1.165, 1.54) is 12.3 Å². The molecule has 0 aliphatic rings. The summed E-state index contributed by atoms with van der Waals surface area (Å²) in [6, 6.07) is 10.2. The van der Waals surface area contributed by atoms with E-state index < -0.39 is 5.97 Å². The molecular formula is C14H13NO4. The van der Waals surface area contributed by atoms with Crippen LogP contribution in [0, 0.1) is 0 Å². The summed E-state index contributed by atoms with van der Waals surface area (Å²) in [5, 5.41) is 9.04. The molecule has 0 amide bonds. The number of nitrogens with zero attached hydrogens (tertiary/aromatic N) is 1. The molecule has 0 aliphatic carbocycles. The number of ether oxygens (including phenoxy) is 2. The fourth-order valence-electron chi connectivity index (χ4n) is 1.61. The van der Waals surface area contributed by atoms with Gasteiger partial charge in [0, 0.05) is 13.3 Å². The lowest BCUT2D eigenvalue weighted by Crippen LogP contribution is -2.01. The van der Waals surface area contributed by atoms with Crippen LogP contribution in [-0.2, 0) is 11.3 Å². The average Bonchev–Trinajstić information content (AvgIpc) is 2.40. The van der Waals surface area contributed by atoms with Gasteiger partial charge < -0.3 is 14.6 Å². The highest BCUT2D eigenvalue weighted by atomic mass is 16.5. The first kappa shape index (κ1) is 13.0. The smallest absolute Gasteiger partial charge is 0.341 e. The molecule has 2 aromatic rings. The molecule has 0 aliphatic heterocycles. The van der Waals surface area contributed by atoms with Gasteiger partial charge in [-0.1, -0.05) is 12.1 Å². The number of carbonyl (C=O) groups is 1. The molecule has 2 rings (SSSR count). The van der Waals surface area contributed by atoms with Gasteiger partial charge in [-0.25, -0.2) is 9.78 Å². The van der Waals surface area contributed by atoms with Gasteiger partial charge in [-0.3, -0.25) is 0 Å². The largest absolute Gasteiger partial charge is 0.477 e. The summed E-state index contributed by atoms with van der Waals surface area (Å²) in [5.41, 5.74) is 0.965. The van der Waals surface area contributed by atoms with E-state index in [-0.39, 0.29) is 11.4 Å². The summed E-state index contributed by atoms with van der Waals surface area (Å²) < 4.78 is 10.5. The number of benzene rings is 1. The van der Waals surface area contributed by atoms with Crippen molar-refractivity contribution in [2.24, 2.45) is 0 Å². The van der Waals surface area contributed by atoms with Gasteiger partial charge >= 0.3 is 5.97 Å². The molecule has 0 bridgehead atoms. The van der Waals surface area contributed by atoms with Gasteiger partial charge in [-0.2, -0.15) is 0 Å². The topological polar surface area (TPSA) is 68.7 Å². The Balaban J connectivity index is 2.26. The van der Waals surface area contributed by atoms with Crippen LogP contribution in [0.5, 0.6) is 11.6 Å². The third-order valence-corrected chi connectivity index (χ3v) is 2.43. The zero-order valence-electron chi connectivity index (χ0n) is 10.4. The maximum absolute atomic E-state index is 11.0. The van der Waals surface area contributed by atoms with Crippen molar-refractivity contribution in [1.29, 1.82) is 0 Å². The van der Waals surface area contributed by atoms with Crippen molar-refractivity contribution < 1.29 is 19.4 Å². The molecule has 1 aromatic heterocycles. The van der Waals surface area contributed by atoms with Crippen molar-refractivity contribution in [2.45, 2.75) is 6.61 Å². The molecule has 0 saturated heterocycles. The molecule has 1 aromatic carbocycles. The third kappa shape index (κ3) is 3.29. The number of aromatic carboxylic acids is 1. The van der Waals surface area contributed by atoms with E-state index in [1.807, 2.05) is 12.1 Å². The zero-order valence-corrected chi connectivity index (χ0v) is 10.4. The number of pyridine rings is 1. The van der Waals surface area contributed by atoms with Crippen LogP contribution in [0.1, 0.15) is 15.9 Å².